The Hall–Kier alpha value is -4.02. The summed E-state index contributed by atoms with van der Waals surface area (Å²) in [5, 5.41) is 42.3. The molecule has 0 spiro atoms. The van der Waals surface area contributed by atoms with Gasteiger partial charge >= 0.3 is 5.97 Å². The van der Waals surface area contributed by atoms with Crippen molar-refractivity contribution in [2.45, 2.75) is 135 Å². The number of allylic oxidation sites excluding steroid dienone is 12. The monoisotopic (exact) mass is 865 g/mol. The molecule has 0 radical (unpaired) electrons. The molecule has 0 saturated carbocycles. The molecule has 15 atom stereocenters. The smallest absolute Gasteiger partial charge is 0.331 e. The lowest BCUT2D eigenvalue weighted by Crippen LogP contribution is -2.59. The van der Waals surface area contributed by atoms with Crippen molar-refractivity contribution in [1.82, 2.24) is 4.98 Å². The van der Waals surface area contributed by atoms with Gasteiger partial charge in [-0.25, -0.2) is 9.78 Å². The van der Waals surface area contributed by atoms with Crippen LogP contribution in [0.25, 0.3) is 6.08 Å². The van der Waals surface area contributed by atoms with E-state index in [0.29, 0.717) is 18.0 Å². The van der Waals surface area contributed by atoms with Gasteiger partial charge in [0.2, 0.25) is 0 Å². The van der Waals surface area contributed by atoms with Crippen LogP contribution in [-0.2, 0) is 33.2 Å². The summed E-state index contributed by atoms with van der Waals surface area (Å²) in [5.41, 5.74) is 1.56. The van der Waals surface area contributed by atoms with Crippen molar-refractivity contribution in [2.24, 2.45) is 17.8 Å². The van der Waals surface area contributed by atoms with Crippen molar-refractivity contribution in [3.63, 3.8) is 0 Å². The van der Waals surface area contributed by atoms with Crippen molar-refractivity contribution in [1.29, 1.82) is 0 Å². The highest BCUT2D eigenvalue weighted by atomic mass is 16.7. The zero-order valence-corrected chi connectivity index (χ0v) is 38.0. The number of oxazole rings is 1. The van der Waals surface area contributed by atoms with Gasteiger partial charge in [-0.05, 0) is 33.3 Å². The first-order chi connectivity index (χ1) is 29.6. The maximum absolute atomic E-state index is 13.0. The number of aromatic nitrogens is 1. The summed E-state index contributed by atoms with van der Waals surface area (Å²) in [4.78, 5) is 17.7. The average Bonchev–Trinajstić information content (AvgIpc) is 3.71. The Labute approximate surface area is 368 Å². The SMILES string of the molecule is CO[C@H]1[C@H](O[C@@H]2/C=C\C=C\c3coc(n3)[C@H](C)[C@H](OC)C[C@H](O)/C=C/C=C/C=C\[C@H](C)[C@@H]([C@H](C)[C@H](O)C[C@H](C)O)OC(=O)\C=C/C=C/C=C\C(C)=C\[C@H]2C)O[C@H](C)[C@@H](O)[C@@H]1OC. The van der Waals surface area contributed by atoms with Gasteiger partial charge < -0.3 is 53.3 Å². The Balaban J connectivity index is 1.96. The van der Waals surface area contributed by atoms with Gasteiger partial charge in [0.15, 0.2) is 12.2 Å². The summed E-state index contributed by atoms with van der Waals surface area (Å²) < 4.78 is 41.4. The van der Waals surface area contributed by atoms with E-state index in [1.54, 1.807) is 76.7 Å². The molecule has 1 aromatic heterocycles. The van der Waals surface area contributed by atoms with Gasteiger partial charge in [-0.1, -0.05) is 124 Å². The fourth-order valence-corrected chi connectivity index (χ4v) is 7.36. The number of aliphatic hydroxyl groups excluding tert-OH is 4. The van der Waals surface area contributed by atoms with Gasteiger partial charge in [-0.15, -0.1) is 0 Å². The van der Waals surface area contributed by atoms with Crippen LogP contribution >= 0.6 is 0 Å². The van der Waals surface area contributed by atoms with Crippen molar-refractivity contribution >= 4 is 12.0 Å². The van der Waals surface area contributed by atoms with Gasteiger partial charge in [0.25, 0.3) is 0 Å². The Bertz CT molecular complexity index is 1750. The Morgan fingerprint density at radius 2 is 1.42 bits per heavy atom. The summed E-state index contributed by atoms with van der Waals surface area (Å²) in [6, 6.07) is 0. The summed E-state index contributed by atoms with van der Waals surface area (Å²) in [6.07, 6.45) is 24.8. The topological polar surface area (TPSA) is 179 Å². The minimum atomic E-state index is -0.903. The molecule has 13 heteroatoms. The first-order valence-corrected chi connectivity index (χ1v) is 21.4. The first-order valence-electron chi connectivity index (χ1n) is 21.4. The lowest BCUT2D eigenvalue weighted by Gasteiger charge is -2.43. The molecule has 2 bridgehead atoms. The molecule has 1 aromatic rings. The van der Waals surface area contributed by atoms with Gasteiger partial charge in [0.05, 0.1) is 42.5 Å². The normalized spacial score (nSPS) is 37.7. The highest BCUT2D eigenvalue weighted by Crippen LogP contribution is 2.30. The van der Waals surface area contributed by atoms with E-state index < -0.39 is 73.1 Å². The minimum absolute atomic E-state index is 0.141. The molecule has 2 aliphatic heterocycles. The van der Waals surface area contributed by atoms with E-state index in [-0.39, 0.29) is 30.3 Å². The average molecular weight is 866 g/mol. The van der Waals surface area contributed by atoms with Crippen LogP contribution in [0, 0.1) is 17.8 Å². The number of hydrogen-bond acceptors (Lipinski definition) is 13. The van der Waals surface area contributed by atoms with Crippen LogP contribution in [0.3, 0.4) is 0 Å². The summed E-state index contributed by atoms with van der Waals surface area (Å²) >= 11 is 0. The van der Waals surface area contributed by atoms with Gasteiger partial charge in [0, 0.05) is 51.6 Å². The van der Waals surface area contributed by atoms with E-state index in [0.717, 1.165) is 5.57 Å². The third kappa shape index (κ3) is 16.9. The van der Waals surface area contributed by atoms with Crippen LogP contribution in [0.4, 0.5) is 0 Å². The van der Waals surface area contributed by atoms with Crippen molar-refractivity contribution in [3.05, 3.63) is 121 Å². The number of cyclic esters (lactones) is 1. The maximum Gasteiger partial charge on any atom is 0.331 e. The number of esters is 1. The quantitative estimate of drug-likeness (QED) is 0.189. The number of carbonyl (C=O) groups excluding carboxylic acids is 1. The number of carbonyl (C=O) groups is 1. The molecule has 0 amide bonds. The summed E-state index contributed by atoms with van der Waals surface area (Å²) in [5.74, 6) is -1.26. The predicted molar refractivity (Wildman–Crippen MR) is 240 cm³/mol. The zero-order valence-electron chi connectivity index (χ0n) is 38.0. The third-order valence-corrected chi connectivity index (χ3v) is 11.1. The van der Waals surface area contributed by atoms with Crippen LogP contribution in [0.5, 0.6) is 0 Å². The van der Waals surface area contributed by atoms with Crippen molar-refractivity contribution in [2.75, 3.05) is 21.3 Å². The number of nitrogens with zero attached hydrogens (tertiary/aromatic N) is 1. The number of rotatable bonds is 9. The van der Waals surface area contributed by atoms with Crippen molar-refractivity contribution in [3.8, 4) is 0 Å². The lowest BCUT2D eigenvalue weighted by atomic mass is 9.86. The molecule has 0 aliphatic carbocycles. The maximum atomic E-state index is 13.0. The Kier molecular flexibility index (Phi) is 23.0. The third-order valence-electron chi connectivity index (χ3n) is 11.1. The summed E-state index contributed by atoms with van der Waals surface area (Å²) in [7, 11) is 4.63. The summed E-state index contributed by atoms with van der Waals surface area (Å²) in [6.45, 7) is 13.0. The largest absolute Gasteiger partial charge is 0.458 e. The van der Waals surface area contributed by atoms with Crippen LogP contribution in [0.1, 0.15) is 78.8 Å². The molecule has 4 N–H and O–H groups in total. The van der Waals surface area contributed by atoms with Crippen molar-refractivity contribution < 1.29 is 58.1 Å². The van der Waals surface area contributed by atoms with Gasteiger partial charge in [-0.3, -0.25) is 0 Å². The fraction of sp³-hybridized carbons (Fsp3) is 0.551. The number of methoxy groups -OCH3 is 3. The van der Waals surface area contributed by atoms with E-state index in [4.69, 9.17) is 32.8 Å². The molecule has 0 unspecified atom stereocenters. The minimum Gasteiger partial charge on any atom is -0.458 e. The molecule has 1 fully saturated rings. The molecule has 62 heavy (non-hydrogen) atoms. The second-order valence-corrected chi connectivity index (χ2v) is 16.2. The van der Waals surface area contributed by atoms with E-state index >= 15 is 0 Å². The molecular weight excluding hydrogens is 795 g/mol. The molecule has 3 rings (SSSR count). The predicted octanol–water partition coefficient (Wildman–Crippen LogP) is 6.88. The molecule has 13 nitrogen and oxygen atoms in total. The van der Waals surface area contributed by atoms with Crippen LogP contribution < -0.4 is 0 Å². The number of aliphatic hydroxyl groups is 4. The molecule has 0 aromatic carbocycles. The van der Waals surface area contributed by atoms with E-state index in [1.165, 1.54) is 20.3 Å². The second-order valence-electron chi connectivity index (χ2n) is 16.2. The van der Waals surface area contributed by atoms with E-state index in [2.05, 4.69) is 11.1 Å². The molecule has 2 aliphatic rings. The van der Waals surface area contributed by atoms with E-state index in [9.17, 15) is 25.2 Å². The first kappa shape index (κ1) is 52.3. The molecule has 344 valence electrons. The standard InChI is InChI=1S/C49H71NO12/c1-31-21-15-11-14-18-26-43(54)62-45(35(5)40(53)28-34(4)51)32(2)22-16-12-13-17-24-39(52)29-42(56-8)36(6)48-50-38(30-59-48)23-19-20-25-41(33(3)27-31)61-49-47(58-10)46(57-9)44(55)37(7)60-49/h11-27,30,32-37,39-42,44-47,49,51-53,55H,28-29H2,1-10H3/b13-12+,14-11+,21-15-,22-16-,23-19+,24-17+,25-20-,26-18-,31-27+/t32-,33+,34-,35+,36+,37+,39+,40+,41+,42+,44+,45-,46-,47+,49-/m0/s1. The highest BCUT2D eigenvalue weighted by molar-refractivity contribution is 5.82. The molecule has 3 heterocycles. The highest BCUT2D eigenvalue weighted by Gasteiger charge is 2.46. The molecule has 1 saturated heterocycles. The lowest BCUT2D eigenvalue weighted by molar-refractivity contribution is -0.310. The number of hydrogen-bond donors (Lipinski definition) is 4. The van der Waals surface area contributed by atoms with Gasteiger partial charge in [-0.2, -0.15) is 0 Å². The van der Waals surface area contributed by atoms with Crippen LogP contribution in [-0.4, -0.2) is 120 Å². The number of fused-ring (bicyclic) bond motifs is 2. The van der Waals surface area contributed by atoms with E-state index in [1.807, 2.05) is 76.3 Å². The Morgan fingerprint density at radius 1 is 0.790 bits per heavy atom. The number of ether oxygens (including phenoxy) is 6. The fourth-order valence-electron chi connectivity index (χ4n) is 7.36. The molecular formula is C49H71NO12. The Morgan fingerprint density at radius 3 is 2.08 bits per heavy atom. The zero-order chi connectivity index (χ0) is 45.8. The van der Waals surface area contributed by atoms with Crippen LogP contribution in [0.2, 0.25) is 0 Å². The van der Waals surface area contributed by atoms with Gasteiger partial charge in [0.1, 0.15) is 36.4 Å². The second kappa shape index (κ2) is 27.2. The van der Waals surface area contributed by atoms with Crippen LogP contribution in [0.15, 0.2) is 113 Å².